The van der Waals surface area contributed by atoms with Crippen LogP contribution in [0.25, 0.3) is 0 Å². The molecule has 7 nitrogen and oxygen atoms in total. The first-order chi connectivity index (χ1) is 12.7. The number of carbonyl (C=O) groups is 2. The molecule has 0 unspecified atom stereocenters. The zero-order valence-corrected chi connectivity index (χ0v) is 15.9. The normalized spacial score (nSPS) is 11.0. The fourth-order valence-electron chi connectivity index (χ4n) is 2.33. The average Bonchev–Trinajstić information content (AvgIpc) is 2.66. The standard InChI is InChI=1S/C19H21NO6S/c1-3-27(24,25)17-10-4-14(5-11-17)12-18(21)20(2)15-6-8-16(9-7-15)26-13-19(22)23/h4-11H,3,12-13H2,1-2H3,(H,22,23). The van der Waals surface area contributed by atoms with Crippen LogP contribution in [0.1, 0.15) is 12.5 Å². The number of carboxylic acids is 1. The lowest BCUT2D eigenvalue weighted by atomic mass is 10.1. The molecule has 2 aromatic carbocycles. The number of benzene rings is 2. The lowest BCUT2D eigenvalue weighted by Crippen LogP contribution is -2.27. The lowest BCUT2D eigenvalue weighted by Gasteiger charge is -2.18. The smallest absolute Gasteiger partial charge is 0.341 e. The topological polar surface area (TPSA) is 101 Å². The van der Waals surface area contributed by atoms with Crippen LogP contribution in [0, 0.1) is 0 Å². The number of amides is 1. The highest BCUT2D eigenvalue weighted by molar-refractivity contribution is 7.91. The molecule has 0 radical (unpaired) electrons. The van der Waals surface area contributed by atoms with Crippen LogP contribution in [0.4, 0.5) is 5.69 Å². The summed E-state index contributed by atoms with van der Waals surface area (Å²) in [4.78, 5) is 24.7. The second-order valence-corrected chi connectivity index (χ2v) is 8.13. The average molecular weight is 391 g/mol. The van der Waals surface area contributed by atoms with Gasteiger partial charge in [0.25, 0.3) is 0 Å². The predicted octanol–water partition coefficient (Wildman–Crippen LogP) is 2.15. The van der Waals surface area contributed by atoms with Crippen LogP contribution < -0.4 is 9.64 Å². The number of aliphatic carboxylic acids is 1. The Morgan fingerprint density at radius 1 is 1.04 bits per heavy atom. The number of hydrogen-bond donors (Lipinski definition) is 1. The first-order valence-corrected chi connectivity index (χ1v) is 9.91. The number of anilines is 1. The van der Waals surface area contributed by atoms with Gasteiger partial charge < -0.3 is 14.7 Å². The van der Waals surface area contributed by atoms with Crippen molar-refractivity contribution in [2.24, 2.45) is 0 Å². The maximum absolute atomic E-state index is 12.4. The Morgan fingerprint density at radius 2 is 1.63 bits per heavy atom. The van der Waals surface area contributed by atoms with E-state index in [0.29, 0.717) is 17.0 Å². The molecule has 27 heavy (non-hydrogen) atoms. The number of nitrogens with zero attached hydrogens (tertiary/aromatic N) is 1. The van der Waals surface area contributed by atoms with E-state index in [9.17, 15) is 18.0 Å². The molecule has 0 aliphatic carbocycles. The number of sulfone groups is 1. The van der Waals surface area contributed by atoms with Gasteiger partial charge in [-0.2, -0.15) is 0 Å². The molecular formula is C19H21NO6S. The van der Waals surface area contributed by atoms with Gasteiger partial charge in [0.05, 0.1) is 17.1 Å². The molecule has 0 spiro atoms. The van der Waals surface area contributed by atoms with Crippen molar-refractivity contribution in [3.63, 3.8) is 0 Å². The Kier molecular flexibility index (Phi) is 6.57. The summed E-state index contributed by atoms with van der Waals surface area (Å²) >= 11 is 0. The number of hydrogen-bond acceptors (Lipinski definition) is 5. The van der Waals surface area contributed by atoms with Gasteiger partial charge in [-0.05, 0) is 42.0 Å². The quantitative estimate of drug-likeness (QED) is 0.740. The van der Waals surface area contributed by atoms with E-state index in [1.165, 1.54) is 17.0 Å². The molecule has 0 aliphatic rings. The Bertz CT molecular complexity index is 904. The number of rotatable bonds is 8. The van der Waals surface area contributed by atoms with E-state index >= 15 is 0 Å². The fourth-order valence-corrected chi connectivity index (χ4v) is 3.21. The monoisotopic (exact) mass is 391 g/mol. The number of carbonyl (C=O) groups excluding carboxylic acids is 1. The van der Waals surface area contributed by atoms with Crippen molar-refractivity contribution in [2.45, 2.75) is 18.2 Å². The molecule has 2 rings (SSSR count). The zero-order valence-electron chi connectivity index (χ0n) is 15.1. The Hall–Kier alpha value is -2.87. The molecule has 1 N–H and O–H groups in total. The van der Waals surface area contributed by atoms with Crippen LogP contribution in [0.2, 0.25) is 0 Å². The Balaban J connectivity index is 2.02. The molecule has 0 saturated carbocycles. The van der Waals surface area contributed by atoms with Crippen molar-refractivity contribution in [1.29, 1.82) is 0 Å². The second kappa shape index (κ2) is 8.68. The fraction of sp³-hybridized carbons (Fsp3) is 0.263. The van der Waals surface area contributed by atoms with Crippen molar-refractivity contribution in [3.8, 4) is 5.75 Å². The number of ether oxygens (including phenoxy) is 1. The Labute approximate surface area is 158 Å². The lowest BCUT2D eigenvalue weighted by molar-refractivity contribution is -0.139. The summed E-state index contributed by atoms with van der Waals surface area (Å²) in [5.74, 6) is -0.806. The molecule has 144 valence electrons. The van der Waals surface area contributed by atoms with Crippen molar-refractivity contribution in [2.75, 3.05) is 24.3 Å². The van der Waals surface area contributed by atoms with E-state index in [0.717, 1.165) is 0 Å². The molecule has 2 aromatic rings. The summed E-state index contributed by atoms with van der Waals surface area (Å²) < 4.78 is 28.7. The molecule has 0 aromatic heterocycles. The molecule has 0 saturated heterocycles. The number of carboxylic acid groups (broad SMARTS) is 1. The summed E-state index contributed by atoms with van der Waals surface area (Å²) in [7, 11) is -1.63. The van der Waals surface area contributed by atoms with E-state index in [4.69, 9.17) is 9.84 Å². The molecule has 0 heterocycles. The highest BCUT2D eigenvalue weighted by Crippen LogP contribution is 2.20. The molecule has 0 aliphatic heterocycles. The van der Waals surface area contributed by atoms with Gasteiger partial charge in [-0.3, -0.25) is 4.79 Å². The van der Waals surface area contributed by atoms with Crippen molar-refractivity contribution < 1.29 is 27.9 Å². The highest BCUT2D eigenvalue weighted by Gasteiger charge is 2.14. The molecule has 0 atom stereocenters. The van der Waals surface area contributed by atoms with E-state index in [2.05, 4.69) is 0 Å². The van der Waals surface area contributed by atoms with Crippen molar-refractivity contribution in [3.05, 3.63) is 54.1 Å². The second-order valence-electron chi connectivity index (χ2n) is 5.85. The minimum absolute atomic E-state index is 0.0280. The van der Waals surface area contributed by atoms with Crippen LogP contribution in [0.15, 0.2) is 53.4 Å². The van der Waals surface area contributed by atoms with Crippen LogP contribution in [0.5, 0.6) is 5.75 Å². The van der Waals surface area contributed by atoms with Gasteiger partial charge in [0.1, 0.15) is 5.75 Å². The highest BCUT2D eigenvalue weighted by atomic mass is 32.2. The van der Waals surface area contributed by atoms with Gasteiger partial charge >= 0.3 is 5.97 Å². The van der Waals surface area contributed by atoms with Crippen LogP contribution in [-0.4, -0.2) is 44.8 Å². The molecule has 0 fully saturated rings. The van der Waals surface area contributed by atoms with Gasteiger partial charge in [0, 0.05) is 12.7 Å². The first-order valence-electron chi connectivity index (χ1n) is 8.26. The Morgan fingerprint density at radius 3 is 2.15 bits per heavy atom. The minimum atomic E-state index is -3.26. The third-order valence-corrected chi connectivity index (χ3v) is 5.73. The summed E-state index contributed by atoms with van der Waals surface area (Å²) in [6, 6.07) is 12.8. The zero-order chi connectivity index (χ0) is 20.0. The largest absolute Gasteiger partial charge is 0.482 e. The van der Waals surface area contributed by atoms with Gasteiger partial charge in [0.2, 0.25) is 5.91 Å². The summed E-state index contributed by atoms with van der Waals surface area (Å²) in [6.45, 7) is 1.15. The van der Waals surface area contributed by atoms with E-state index in [1.807, 2.05) is 0 Å². The molecule has 0 bridgehead atoms. The van der Waals surface area contributed by atoms with E-state index in [-0.39, 0.29) is 23.0 Å². The maximum Gasteiger partial charge on any atom is 0.341 e. The SMILES string of the molecule is CCS(=O)(=O)c1ccc(CC(=O)N(C)c2ccc(OCC(=O)O)cc2)cc1. The van der Waals surface area contributed by atoms with Gasteiger partial charge in [-0.15, -0.1) is 0 Å². The van der Waals surface area contributed by atoms with Gasteiger partial charge in [0.15, 0.2) is 16.4 Å². The third kappa shape index (κ3) is 5.55. The van der Waals surface area contributed by atoms with Crippen molar-refractivity contribution >= 4 is 27.4 Å². The van der Waals surface area contributed by atoms with Crippen LogP contribution >= 0.6 is 0 Å². The van der Waals surface area contributed by atoms with Gasteiger partial charge in [-0.25, -0.2) is 13.2 Å². The molecule has 8 heteroatoms. The summed E-state index contributed by atoms with van der Waals surface area (Å²) in [6.07, 6.45) is 0.125. The summed E-state index contributed by atoms with van der Waals surface area (Å²) in [5.41, 5.74) is 1.34. The summed E-state index contributed by atoms with van der Waals surface area (Å²) in [5, 5.41) is 8.60. The molecule has 1 amide bonds. The third-order valence-electron chi connectivity index (χ3n) is 3.98. The first kappa shape index (κ1) is 20.4. The minimum Gasteiger partial charge on any atom is -0.482 e. The van der Waals surface area contributed by atoms with Crippen LogP contribution in [0.3, 0.4) is 0 Å². The molecular weight excluding hydrogens is 370 g/mol. The van der Waals surface area contributed by atoms with Crippen LogP contribution in [-0.2, 0) is 25.8 Å². The maximum atomic E-state index is 12.4. The van der Waals surface area contributed by atoms with E-state index < -0.39 is 22.4 Å². The predicted molar refractivity (Wildman–Crippen MR) is 101 cm³/mol. The van der Waals surface area contributed by atoms with E-state index in [1.54, 1.807) is 50.4 Å². The van der Waals surface area contributed by atoms with Gasteiger partial charge in [-0.1, -0.05) is 19.1 Å². The van der Waals surface area contributed by atoms with Crippen molar-refractivity contribution in [1.82, 2.24) is 0 Å². The number of likely N-dealkylation sites (N-methyl/N-ethyl adjacent to an activating group) is 1.